The predicted molar refractivity (Wildman–Crippen MR) is 84.3 cm³/mol. The summed E-state index contributed by atoms with van der Waals surface area (Å²) in [6, 6.07) is 6.11. The summed E-state index contributed by atoms with van der Waals surface area (Å²) in [5.74, 6) is 1.21. The van der Waals surface area contributed by atoms with E-state index in [1.165, 1.54) is 0 Å². The fraction of sp³-hybridized carbons (Fsp3) is 0.429. The zero-order valence-corrected chi connectivity index (χ0v) is 13.0. The van der Waals surface area contributed by atoms with Crippen molar-refractivity contribution in [2.75, 3.05) is 19.1 Å². The average molecular weight is 311 g/mol. The summed E-state index contributed by atoms with van der Waals surface area (Å²) in [5, 5.41) is 5.25. The van der Waals surface area contributed by atoms with E-state index in [9.17, 15) is 9.59 Å². The van der Waals surface area contributed by atoms with E-state index in [0.717, 1.165) is 11.3 Å². The first-order chi connectivity index (χ1) is 10.1. The van der Waals surface area contributed by atoms with E-state index in [0.29, 0.717) is 18.7 Å². The molecule has 21 heavy (non-hydrogen) atoms. The van der Waals surface area contributed by atoms with Gasteiger partial charge < -0.3 is 21.1 Å². The molecule has 1 atom stereocenters. The number of ether oxygens (including phenoxy) is 1. The van der Waals surface area contributed by atoms with Gasteiger partial charge in [0.15, 0.2) is 0 Å². The molecule has 0 fully saturated rings. The minimum absolute atomic E-state index is 0.256. The van der Waals surface area contributed by atoms with Gasteiger partial charge in [0, 0.05) is 12.1 Å². The summed E-state index contributed by atoms with van der Waals surface area (Å²) in [5.41, 5.74) is 5.97. The zero-order valence-electron chi connectivity index (χ0n) is 12.2. The Bertz CT molecular complexity index is 482. The molecule has 0 aliphatic heterocycles. The lowest BCUT2D eigenvalue weighted by atomic mass is 10.1. The molecular weight excluding hydrogens is 290 g/mol. The lowest BCUT2D eigenvalue weighted by molar-refractivity contribution is -0.123. The second kappa shape index (κ2) is 9.12. The average Bonchev–Trinajstić information content (AvgIpc) is 2.48. The maximum absolute atomic E-state index is 12.1. The molecule has 4 N–H and O–H groups in total. The molecule has 0 spiro atoms. The van der Waals surface area contributed by atoms with Crippen LogP contribution in [0.4, 0.5) is 4.79 Å². The molecule has 116 valence electrons. The van der Waals surface area contributed by atoms with Crippen molar-refractivity contribution in [1.82, 2.24) is 10.6 Å². The summed E-state index contributed by atoms with van der Waals surface area (Å²) in [4.78, 5) is 23.1. The van der Waals surface area contributed by atoms with Crippen molar-refractivity contribution < 1.29 is 14.3 Å². The molecule has 1 aromatic carbocycles. The Morgan fingerprint density at radius 2 is 2.10 bits per heavy atom. The van der Waals surface area contributed by atoms with Crippen molar-refractivity contribution in [2.24, 2.45) is 5.73 Å². The topological polar surface area (TPSA) is 93.4 Å². The number of nitrogens with two attached hydrogens (primary N) is 1. The second-order valence-corrected chi connectivity index (χ2v) is 5.36. The van der Waals surface area contributed by atoms with Crippen molar-refractivity contribution in [3.63, 3.8) is 0 Å². The third kappa shape index (κ3) is 5.95. The number of benzene rings is 1. The first-order valence-corrected chi connectivity index (χ1v) is 7.92. The van der Waals surface area contributed by atoms with Crippen LogP contribution in [0.15, 0.2) is 24.3 Å². The van der Waals surface area contributed by atoms with E-state index in [2.05, 4.69) is 10.6 Å². The normalized spacial score (nSPS) is 11.5. The van der Waals surface area contributed by atoms with Crippen molar-refractivity contribution >= 4 is 23.7 Å². The number of hydrogen-bond donors (Lipinski definition) is 3. The Morgan fingerprint density at radius 3 is 2.71 bits per heavy atom. The van der Waals surface area contributed by atoms with Crippen LogP contribution in [-0.2, 0) is 11.3 Å². The van der Waals surface area contributed by atoms with Crippen LogP contribution in [0.1, 0.15) is 12.0 Å². The van der Waals surface area contributed by atoms with Crippen molar-refractivity contribution in [3.8, 4) is 5.75 Å². The van der Waals surface area contributed by atoms with Gasteiger partial charge in [0.05, 0.1) is 7.11 Å². The maximum atomic E-state index is 12.1. The molecule has 0 unspecified atom stereocenters. The lowest BCUT2D eigenvalue weighted by Crippen LogP contribution is -2.48. The Morgan fingerprint density at radius 1 is 1.38 bits per heavy atom. The van der Waals surface area contributed by atoms with Crippen LogP contribution in [0.2, 0.25) is 0 Å². The number of para-hydroxylation sites is 1. The van der Waals surface area contributed by atoms with Gasteiger partial charge >= 0.3 is 6.03 Å². The number of urea groups is 1. The molecule has 0 heterocycles. The van der Waals surface area contributed by atoms with Gasteiger partial charge in [0.1, 0.15) is 11.8 Å². The highest BCUT2D eigenvalue weighted by atomic mass is 32.2. The van der Waals surface area contributed by atoms with E-state index < -0.39 is 12.1 Å². The van der Waals surface area contributed by atoms with Crippen molar-refractivity contribution in [3.05, 3.63) is 29.8 Å². The molecule has 1 aromatic rings. The number of thioether (sulfide) groups is 1. The molecule has 0 aliphatic rings. The van der Waals surface area contributed by atoms with Gasteiger partial charge in [-0.25, -0.2) is 4.79 Å². The monoisotopic (exact) mass is 311 g/mol. The standard InChI is InChI=1S/C14H21N3O3S/c1-20-12-6-4-3-5-10(12)9-16-13(18)11(7-8-21-2)17-14(15)19/h3-6,11H,7-9H2,1-2H3,(H,16,18)(H3,15,17,19)/t11-/m1/s1. The van der Waals surface area contributed by atoms with E-state index in [1.807, 2.05) is 30.5 Å². The van der Waals surface area contributed by atoms with Gasteiger partial charge in [-0.05, 0) is 24.5 Å². The summed E-state index contributed by atoms with van der Waals surface area (Å²) >= 11 is 1.60. The Balaban J connectivity index is 2.61. The number of amides is 3. The van der Waals surface area contributed by atoms with Crippen molar-refractivity contribution in [1.29, 1.82) is 0 Å². The number of carbonyl (C=O) groups excluding carboxylic acids is 2. The van der Waals surface area contributed by atoms with Gasteiger partial charge in [-0.3, -0.25) is 4.79 Å². The summed E-state index contributed by atoms with van der Waals surface area (Å²) in [6.07, 6.45) is 2.47. The van der Waals surface area contributed by atoms with Crippen LogP contribution in [0.25, 0.3) is 0 Å². The fourth-order valence-corrected chi connectivity index (χ4v) is 2.30. The maximum Gasteiger partial charge on any atom is 0.312 e. The van der Waals surface area contributed by atoms with Crippen LogP contribution in [-0.4, -0.2) is 37.1 Å². The fourth-order valence-electron chi connectivity index (χ4n) is 1.83. The molecular formula is C14H21N3O3S. The Hall–Kier alpha value is -1.89. The number of methoxy groups -OCH3 is 1. The van der Waals surface area contributed by atoms with Gasteiger partial charge in [0.2, 0.25) is 5.91 Å². The molecule has 3 amide bonds. The summed E-state index contributed by atoms with van der Waals surface area (Å²) < 4.78 is 5.22. The van der Waals surface area contributed by atoms with Crippen LogP contribution in [0.5, 0.6) is 5.75 Å². The minimum Gasteiger partial charge on any atom is -0.496 e. The smallest absolute Gasteiger partial charge is 0.312 e. The summed E-state index contributed by atoms with van der Waals surface area (Å²) in [6.45, 7) is 0.332. The van der Waals surface area contributed by atoms with Crippen LogP contribution in [0.3, 0.4) is 0 Å². The highest BCUT2D eigenvalue weighted by Gasteiger charge is 2.19. The van der Waals surface area contributed by atoms with E-state index in [4.69, 9.17) is 10.5 Å². The first kappa shape index (κ1) is 17.2. The van der Waals surface area contributed by atoms with E-state index >= 15 is 0 Å². The molecule has 0 saturated carbocycles. The van der Waals surface area contributed by atoms with Crippen LogP contribution >= 0.6 is 11.8 Å². The van der Waals surface area contributed by atoms with Crippen LogP contribution in [0, 0.1) is 0 Å². The highest BCUT2D eigenvalue weighted by molar-refractivity contribution is 7.98. The number of hydrogen-bond acceptors (Lipinski definition) is 4. The molecule has 1 rings (SSSR count). The molecule has 0 saturated heterocycles. The van der Waals surface area contributed by atoms with Crippen molar-refractivity contribution in [2.45, 2.75) is 19.0 Å². The van der Waals surface area contributed by atoms with E-state index in [-0.39, 0.29) is 5.91 Å². The molecule has 0 aliphatic carbocycles. The van der Waals surface area contributed by atoms with E-state index in [1.54, 1.807) is 18.9 Å². The van der Waals surface area contributed by atoms with Gasteiger partial charge in [0.25, 0.3) is 0 Å². The van der Waals surface area contributed by atoms with Gasteiger partial charge in [-0.1, -0.05) is 18.2 Å². The largest absolute Gasteiger partial charge is 0.496 e. The third-order valence-electron chi connectivity index (χ3n) is 2.89. The lowest BCUT2D eigenvalue weighted by Gasteiger charge is -2.17. The summed E-state index contributed by atoms with van der Waals surface area (Å²) in [7, 11) is 1.58. The molecule has 0 bridgehead atoms. The highest BCUT2D eigenvalue weighted by Crippen LogP contribution is 2.16. The first-order valence-electron chi connectivity index (χ1n) is 6.53. The van der Waals surface area contributed by atoms with Gasteiger partial charge in [-0.15, -0.1) is 0 Å². The van der Waals surface area contributed by atoms with Crippen LogP contribution < -0.4 is 21.1 Å². The molecule has 6 nitrogen and oxygen atoms in total. The molecule has 0 aromatic heterocycles. The quantitative estimate of drug-likeness (QED) is 0.670. The Labute approximate surface area is 128 Å². The molecule has 7 heteroatoms. The predicted octanol–water partition coefficient (Wildman–Crippen LogP) is 1.10. The number of primary amides is 1. The number of carbonyl (C=O) groups is 2. The molecule has 0 radical (unpaired) electrons. The number of nitrogens with one attached hydrogen (secondary N) is 2. The minimum atomic E-state index is -0.700. The SMILES string of the molecule is COc1ccccc1CNC(=O)[C@@H](CCSC)NC(N)=O. The third-order valence-corrected chi connectivity index (χ3v) is 3.53. The second-order valence-electron chi connectivity index (χ2n) is 4.37. The zero-order chi connectivity index (χ0) is 15.7. The number of rotatable bonds is 8. The Kier molecular flexibility index (Phi) is 7.45. The van der Waals surface area contributed by atoms with Gasteiger partial charge in [-0.2, -0.15) is 11.8 Å².